The molecule has 0 amide bonds. The lowest BCUT2D eigenvalue weighted by atomic mass is 10.2. The van der Waals surface area contributed by atoms with Crippen LogP contribution in [0.1, 0.15) is 23.4 Å². The molecule has 0 radical (unpaired) electrons. The van der Waals surface area contributed by atoms with Gasteiger partial charge in [0.15, 0.2) is 0 Å². The zero-order chi connectivity index (χ0) is 14.5. The minimum Gasteiger partial charge on any atom is -0.506 e. The molecule has 2 N–H and O–H groups in total. The van der Waals surface area contributed by atoms with Crippen LogP contribution in [0.3, 0.4) is 0 Å². The summed E-state index contributed by atoms with van der Waals surface area (Å²) < 4.78 is 2.02. The molecule has 0 fully saturated rings. The Bertz CT molecular complexity index is 580. The van der Waals surface area contributed by atoms with Gasteiger partial charge in [0.2, 0.25) is 0 Å². The quantitative estimate of drug-likeness (QED) is 0.805. The van der Waals surface area contributed by atoms with Gasteiger partial charge < -0.3 is 10.4 Å². The number of phenols is 1. The first-order valence-electron chi connectivity index (χ1n) is 6.76. The Morgan fingerprint density at radius 3 is 2.85 bits per heavy atom. The fourth-order valence-corrected chi connectivity index (χ4v) is 2.37. The minimum absolute atomic E-state index is 0.167. The van der Waals surface area contributed by atoms with E-state index in [1.807, 2.05) is 23.7 Å². The number of para-hydroxylation sites is 1. The molecule has 20 heavy (non-hydrogen) atoms. The van der Waals surface area contributed by atoms with Gasteiger partial charge in [0, 0.05) is 24.3 Å². The van der Waals surface area contributed by atoms with E-state index in [1.165, 1.54) is 5.69 Å². The molecule has 0 saturated carbocycles. The summed E-state index contributed by atoms with van der Waals surface area (Å²) in [5.74, 6) is 0.167. The molecule has 0 saturated heterocycles. The van der Waals surface area contributed by atoms with Crippen molar-refractivity contribution in [2.45, 2.75) is 33.4 Å². The Labute approximate surface area is 124 Å². The number of aromatic nitrogens is 2. The average molecular weight is 294 g/mol. The van der Waals surface area contributed by atoms with Crippen molar-refractivity contribution < 1.29 is 5.11 Å². The van der Waals surface area contributed by atoms with Crippen LogP contribution in [0.15, 0.2) is 24.3 Å². The van der Waals surface area contributed by atoms with Gasteiger partial charge in [-0.05, 0) is 38.9 Å². The van der Waals surface area contributed by atoms with Crippen LogP contribution in [0, 0.1) is 13.8 Å². The number of nitrogens with one attached hydrogen (secondary N) is 1. The first-order valence-corrected chi connectivity index (χ1v) is 7.14. The van der Waals surface area contributed by atoms with Crippen LogP contribution in [-0.4, -0.2) is 21.4 Å². The highest BCUT2D eigenvalue weighted by atomic mass is 35.5. The van der Waals surface area contributed by atoms with E-state index >= 15 is 0 Å². The van der Waals surface area contributed by atoms with Crippen LogP contribution < -0.4 is 5.32 Å². The summed E-state index contributed by atoms with van der Waals surface area (Å²) in [7, 11) is 0. The zero-order valence-electron chi connectivity index (χ0n) is 11.9. The number of halogens is 1. The van der Waals surface area contributed by atoms with Gasteiger partial charge in [-0.15, -0.1) is 0 Å². The monoisotopic (exact) mass is 293 g/mol. The van der Waals surface area contributed by atoms with Crippen LogP contribution in [0.2, 0.25) is 5.02 Å². The maximum absolute atomic E-state index is 9.79. The van der Waals surface area contributed by atoms with E-state index in [4.69, 9.17) is 11.6 Å². The number of aromatic hydroxyl groups is 1. The summed E-state index contributed by atoms with van der Waals surface area (Å²) in [6.07, 6.45) is 0.989. The molecule has 0 atom stereocenters. The standard InChI is InChI=1S/C15H20ClN3O/c1-11-9-12(2)19(18-11)8-4-7-17-10-13-5-3-6-14(16)15(13)20/h3,5-6,9,17,20H,4,7-8,10H2,1-2H3. The largest absolute Gasteiger partial charge is 0.506 e. The Hall–Kier alpha value is -1.52. The smallest absolute Gasteiger partial charge is 0.138 e. The molecule has 0 spiro atoms. The lowest BCUT2D eigenvalue weighted by molar-refractivity contribution is 0.462. The van der Waals surface area contributed by atoms with E-state index in [2.05, 4.69) is 23.4 Å². The van der Waals surface area contributed by atoms with Crippen LogP contribution in [0.5, 0.6) is 5.75 Å². The molecule has 0 aliphatic rings. The van der Waals surface area contributed by atoms with Crippen molar-refractivity contribution in [1.29, 1.82) is 0 Å². The number of aryl methyl sites for hydroxylation is 3. The topological polar surface area (TPSA) is 50.1 Å². The maximum atomic E-state index is 9.79. The third-order valence-electron chi connectivity index (χ3n) is 3.21. The Kier molecular flexibility index (Phi) is 5.04. The highest BCUT2D eigenvalue weighted by Gasteiger charge is 2.04. The number of rotatable bonds is 6. The van der Waals surface area contributed by atoms with Crippen molar-refractivity contribution >= 4 is 11.6 Å². The second-order valence-electron chi connectivity index (χ2n) is 4.93. The van der Waals surface area contributed by atoms with Gasteiger partial charge in [-0.25, -0.2) is 0 Å². The summed E-state index contributed by atoms with van der Waals surface area (Å²) >= 11 is 5.86. The molecule has 0 unspecified atom stereocenters. The van der Waals surface area contributed by atoms with E-state index in [-0.39, 0.29) is 5.75 Å². The molecule has 0 aliphatic heterocycles. The van der Waals surface area contributed by atoms with E-state index in [1.54, 1.807) is 6.07 Å². The van der Waals surface area contributed by atoms with Crippen LogP contribution in [0.4, 0.5) is 0 Å². The van der Waals surface area contributed by atoms with Crippen molar-refractivity contribution in [2.75, 3.05) is 6.54 Å². The third-order valence-corrected chi connectivity index (χ3v) is 3.52. The molecular weight excluding hydrogens is 274 g/mol. The summed E-state index contributed by atoms with van der Waals surface area (Å²) in [5, 5.41) is 17.9. The molecule has 0 bridgehead atoms. The second kappa shape index (κ2) is 6.77. The van der Waals surface area contributed by atoms with Gasteiger partial charge in [0.05, 0.1) is 10.7 Å². The lowest BCUT2D eigenvalue weighted by Gasteiger charge is -2.08. The number of nitrogens with zero attached hydrogens (tertiary/aromatic N) is 2. The average Bonchev–Trinajstić information content (AvgIpc) is 2.72. The molecule has 2 rings (SSSR count). The molecule has 0 aliphatic carbocycles. The summed E-state index contributed by atoms with van der Waals surface area (Å²) in [5.41, 5.74) is 3.07. The fraction of sp³-hybridized carbons (Fsp3) is 0.400. The van der Waals surface area contributed by atoms with Gasteiger partial charge in [-0.1, -0.05) is 23.7 Å². The summed E-state index contributed by atoms with van der Waals surface area (Å²) in [6, 6.07) is 7.48. The van der Waals surface area contributed by atoms with Gasteiger partial charge >= 0.3 is 0 Å². The van der Waals surface area contributed by atoms with Crippen molar-refractivity contribution in [1.82, 2.24) is 15.1 Å². The highest BCUT2D eigenvalue weighted by Crippen LogP contribution is 2.26. The van der Waals surface area contributed by atoms with E-state index in [0.29, 0.717) is 11.6 Å². The van der Waals surface area contributed by atoms with E-state index in [9.17, 15) is 5.11 Å². The molecule has 5 heteroatoms. The minimum atomic E-state index is 0.167. The number of hydrogen-bond acceptors (Lipinski definition) is 3. The molecular formula is C15H20ClN3O. The second-order valence-corrected chi connectivity index (χ2v) is 5.34. The van der Waals surface area contributed by atoms with E-state index < -0.39 is 0 Å². The van der Waals surface area contributed by atoms with Crippen LogP contribution in [0.25, 0.3) is 0 Å². The molecule has 108 valence electrons. The van der Waals surface area contributed by atoms with Gasteiger partial charge in [-0.2, -0.15) is 5.10 Å². The Balaban J connectivity index is 1.74. The third kappa shape index (κ3) is 3.74. The fourth-order valence-electron chi connectivity index (χ4n) is 2.18. The molecule has 1 heterocycles. The predicted octanol–water partition coefficient (Wildman–Crippen LogP) is 3.04. The Morgan fingerprint density at radius 1 is 1.35 bits per heavy atom. The van der Waals surface area contributed by atoms with Crippen molar-refractivity contribution in [3.63, 3.8) is 0 Å². The molecule has 4 nitrogen and oxygen atoms in total. The predicted molar refractivity (Wildman–Crippen MR) is 81.1 cm³/mol. The molecule has 2 aromatic rings. The molecule has 1 aromatic carbocycles. The van der Waals surface area contributed by atoms with E-state index in [0.717, 1.165) is 30.8 Å². The Morgan fingerprint density at radius 2 is 2.15 bits per heavy atom. The normalized spacial score (nSPS) is 10.9. The summed E-state index contributed by atoms with van der Waals surface area (Å²) in [4.78, 5) is 0. The highest BCUT2D eigenvalue weighted by molar-refractivity contribution is 6.32. The first kappa shape index (κ1) is 14.9. The van der Waals surface area contributed by atoms with Crippen LogP contribution >= 0.6 is 11.6 Å². The number of phenolic OH excluding ortho intramolecular Hbond substituents is 1. The SMILES string of the molecule is Cc1cc(C)n(CCCNCc2cccc(Cl)c2O)n1. The zero-order valence-corrected chi connectivity index (χ0v) is 12.6. The maximum Gasteiger partial charge on any atom is 0.138 e. The van der Waals surface area contributed by atoms with Gasteiger partial charge in [0.1, 0.15) is 5.75 Å². The lowest BCUT2D eigenvalue weighted by Crippen LogP contribution is -2.17. The summed E-state index contributed by atoms with van der Waals surface area (Å²) in [6.45, 7) is 6.45. The van der Waals surface area contributed by atoms with Crippen molar-refractivity contribution in [3.05, 3.63) is 46.2 Å². The molecule has 1 aromatic heterocycles. The first-order chi connectivity index (χ1) is 9.58. The van der Waals surface area contributed by atoms with Gasteiger partial charge in [-0.3, -0.25) is 4.68 Å². The number of hydrogen-bond donors (Lipinski definition) is 2. The van der Waals surface area contributed by atoms with Crippen molar-refractivity contribution in [3.8, 4) is 5.75 Å². The number of benzene rings is 1. The van der Waals surface area contributed by atoms with Gasteiger partial charge in [0.25, 0.3) is 0 Å². The van der Waals surface area contributed by atoms with Crippen molar-refractivity contribution in [2.24, 2.45) is 0 Å². The van der Waals surface area contributed by atoms with Crippen LogP contribution in [-0.2, 0) is 13.1 Å².